The molecule has 0 saturated carbocycles. The number of carbonyl (C=O) groups excluding carboxylic acids is 2. The first-order valence-electron chi connectivity index (χ1n) is 10.5. The predicted molar refractivity (Wildman–Crippen MR) is 128 cm³/mol. The largest absolute Gasteiger partial charge is 0.361 e. The summed E-state index contributed by atoms with van der Waals surface area (Å²) in [4.78, 5) is 28.8. The maximum Gasteiger partial charge on any atom is 0.253 e. The van der Waals surface area contributed by atoms with E-state index in [2.05, 4.69) is 21.7 Å². The van der Waals surface area contributed by atoms with Crippen LogP contribution in [0, 0.1) is 0 Å². The van der Waals surface area contributed by atoms with Crippen LogP contribution in [-0.4, -0.2) is 23.3 Å². The van der Waals surface area contributed by atoms with Crippen molar-refractivity contribution in [2.75, 3.05) is 6.54 Å². The van der Waals surface area contributed by atoms with Crippen molar-refractivity contribution in [3.63, 3.8) is 0 Å². The first-order chi connectivity index (χ1) is 15.6. The lowest BCUT2D eigenvalue weighted by molar-refractivity contribution is -0.121. The van der Waals surface area contributed by atoms with Crippen LogP contribution in [0.5, 0.6) is 0 Å². The molecule has 2 amide bonds. The van der Waals surface area contributed by atoms with E-state index in [4.69, 9.17) is 11.6 Å². The van der Waals surface area contributed by atoms with E-state index in [9.17, 15) is 9.59 Å². The molecule has 0 aliphatic carbocycles. The molecule has 0 aliphatic rings. The van der Waals surface area contributed by atoms with Gasteiger partial charge < -0.3 is 15.6 Å². The van der Waals surface area contributed by atoms with Gasteiger partial charge in [-0.25, -0.2) is 0 Å². The van der Waals surface area contributed by atoms with E-state index in [1.807, 2.05) is 54.7 Å². The Balaban J connectivity index is 1.40. The van der Waals surface area contributed by atoms with Gasteiger partial charge in [-0.1, -0.05) is 72.3 Å². The Morgan fingerprint density at radius 1 is 0.906 bits per heavy atom. The Bertz CT molecular complexity index is 1220. The Hall–Kier alpha value is -3.57. The summed E-state index contributed by atoms with van der Waals surface area (Å²) >= 11 is 6.17. The van der Waals surface area contributed by atoms with Gasteiger partial charge in [0.05, 0.1) is 23.0 Å². The summed E-state index contributed by atoms with van der Waals surface area (Å²) in [6, 6.07) is 24.0. The number of rotatable bonds is 8. The molecular weight excluding hydrogens is 422 g/mol. The number of benzene rings is 3. The van der Waals surface area contributed by atoms with Gasteiger partial charge in [0.2, 0.25) is 5.91 Å². The van der Waals surface area contributed by atoms with Crippen molar-refractivity contribution in [1.29, 1.82) is 0 Å². The highest BCUT2D eigenvalue weighted by atomic mass is 35.5. The van der Waals surface area contributed by atoms with E-state index in [1.54, 1.807) is 24.3 Å². The van der Waals surface area contributed by atoms with E-state index in [0.29, 0.717) is 17.1 Å². The third-order valence-electron chi connectivity index (χ3n) is 5.41. The van der Waals surface area contributed by atoms with E-state index in [-0.39, 0.29) is 18.2 Å². The van der Waals surface area contributed by atoms with E-state index < -0.39 is 6.04 Å². The van der Waals surface area contributed by atoms with Gasteiger partial charge in [0.25, 0.3) is 5.91 Å². The number of nitrogens with one attached hydrogen (secondary N) is 3. The predicted octanol–water partition coefficient (Wildman–Crippen LogP) is 5.04. The van der Waals surface area contributed by atoms with Gasteiger partial charge in [0.1, 0.15) is 0 Å². The third-order valence-corrected chi connectivity index (χ3v) is 5.74. The average molecular weight is 446 g/mol. The second kappa shape index (κ2) is 10.2. The highest BCUT2D eigenvalue weighted by molar-refractivity contribution is 6.33. The normalized spacial score (nSPS) is 11.8. The number of carbonyl (C=O) groups is 2. The maximum absolute atomic E-state index is 12.8. The zero-order valence-corrected chi connectivity index (χ0v) is 18.2. The fourth-order valence-corrected chi connectivity index (χ4v) is 3.97. The summed E-state index contributed by atoms with van der Waals surface area (Å²) in [5, 5.41) is 7.48. The van der Waals surface area contributed by atoms with Gasteiger partial charge in [0.15, 0.2) is 0 Å². The van der Waals surface area contributed by atoms with Crippen LogP contribution in [-0.2, 0) is 11.2 Å². The number of hydrogen-bond acceptors (Lipinski definition) is 2. The molecule has 0 spiro atoms. The van der Waals surface area contributed by atoms with Crippen LogP contribution in [0.3, 0.4) is 0 Å². The number of para-hydroxylation sites is 1. The van der Waals surface area contributed by atoms with Crippen LogP contribution in [0.1, 0.15) is 33.9 Å². The molecule has 3 N–H and O–H groups in total. The fourth-order valence-electron chi connectivity index (χ4n) is 3.75. The Kier molecular flexibility index (Phi) is 6.87. The number of fused-ring (bicyclic) bond motifs is 1. The minimum atomic E-state index is -0.465. The summed E-state index contributed by atoms with van der Waals surface area (Å²) in [5.41, 5.74) is 3.49. The average Bonchev–Trinajstić information content (AvgIpc) is 3.22. The lowest BCUT2D eigenvalue weighted by Gasteiger charge is -2.19. The minimum absolute atomic E-state index is 0.127. The van der Waals surface area contributed by atoms with Crippen LogP contribution in [0.2, 0.25) is 5.02 Å². The van der Waals surface area contributed by atoms with E-state index in [0.717, 1.165) is 28.5 Å². The van der Waals surface area contributed by atoms with Gasteiger partial charge in [-0.05, 0) is 35.7 Å². The SMILES string of the molecule is O=C(C[C@@H](NC(=O)c1ccccc1Cl)c1ccccc1)NCCc1c[nH]c2ccccc12. The van der Waals surface area contributed by atoms with Crippen LogP contribution >= 0.6 is 11.6 Å². The highest BCUT2D eigenvalue weighted by Crippen LogP contribution is 2.21. The topological polar surface area (TPSA) is 74.0 Å². The molecule has 1 aromatic heterocycles. The number of H-pyrrole nitrogens is 1. The molecule has 6 heteroatoms. The summed E-state index contributed by atoms with van der Waals surface area (Å²) < 4.78 is 0. The van der Waals surface area contributed by atoms with Crippen LogP contribution in [0.15, 0.2) is 85.1 Å². The molecular formula is C26H24ClN3O2. The molecule has 4 aromatic rings. The van der Waals surface area contributed by atoms with Crippen molar-refractivity contribution in [3.05, 3.63) is 107 Å². The number of aromatic nitrogens is 1. The minimum Gasteiger partial charge on any atom is -0.361 e. The maximum atomic E-state index is 12.8. The smallest absolute Gasteiger partial charge is 0.253 e. The second-order valence-corrected chi connectivity index (χ2v) is 7.99. The zero-order chi connectivity index (χ0) is 22.3. The number of hydrogen-bond donors (Lipinski definition) is 3. The standard InChI is InChI=1S/C26H24ClN3O2/c27-22-12-6-4-11-21(22)26(32)30-24(18-8-2-1-3-9-18)16-25(31)28-15-14-19-17-29-23-13-7-5-10-20(19)23/h1-13,17,24,29H,14-16H2,(H,28,31)(H,30,32)/t24-/m1/s1. The molecule has 0 bridgehead atoms. The molecule has 0 radical (unpaired) electrons. The molecule has 162 valence electrons. The highest BCUT2D eigenvalue weighted by Gasteiger charge is 2.20. The monoisotopic (exact) mass is 445 g/mol. The van der Waals surface area contributed by atoms with Gasteiger partial charge in [-0.15, -0.1) is 0 Å². The van der Waals surface area contributed by atoms with Gasteiger partial charge in [-0.3, -0.25) is 9.59 Å². The summed E-state index contributed by atoms with van der Waals surface area (Å²) in [5.74, 6) is -0.436. The molecule has 0 unspecified atom stereocenters. The third kappa shape index (κ3) is 5.18. The van der Waals surface area contributed by atoms with Gasteiger partial charge in [0, 0.05) is 23.6 Å². The van der Waals surface area contributed by atoms with Crippen molar-refractivity contribution in [2.24, 2.45) is 0 Å². The zero-order valence-electron chi connectivity index (χ0n) is 17.5. The number of halogens is 1. The van der Waals surface area contributed by atoms with E-state index in [1.165, 1.54) is 0 Å². The Morgan fingerprint density at radius 3 is 2.44 bits per heavy atom. The second-order valence-electron chi connectivity index (χ2n) is 7.58. The Morgan fingerprint density at radius 2 is 1.62 bits per heavy atom. The molecule has 3 aromatic carbocycles. The summed E-state index contributed by atoms with van der Waals surface area (Å²) in [6.07, 6.45) is 2.83. The lowest BCUT2D eigenvalue weighted by Crippen LogP contribution is -2.34. The lowest BCUT2D eigenvalue weighted by atomic mass is 10.0. The number of amides is 2. The molecule has 4 rings (SSSR count). The molecule has 1 heterocycles. The van der Waals surface area contributed by atoms with Crippen molar-refractivity contribution in [2.45, 2.75) is 18.9 Å². The van der Waals surface area contributed by atoms with Crippen LogP contribution in [0.25, 0.3) is 10.9 Å². The first-order valence-corrected chi connectivity index (χ1v) is 10.9. The fraction of sp³-hybridized carbons (Fsp3) is 0.154. The van der Waals surface area contributed by atoms with Gasteiger partial charge >= 0.3 is 0 Å². The molecule has 0 fully saturated rings. The van der Waals surface area contributed by atoms with E-state index >= 15 is 0 Å². The van der Waals surface area contributed by atoms with Crippen LogP contribution < -0.4 is 10.6 Å². The summed E-state index contributed by atoms with van der Waals surface area (Å²) in [6.45, 7) is 0.515. The molecule has 1 atom stereocenters. The van der Waals surface area contributed by atoms with Crippen LogP contribution in [0.4, 0.5) is 0 Å². The molecule has 0 aliphatic heterocycles. The summed E-state index contributed by atoms with van der Waals surface area (Å²) in [7, 11) is 0. The molecule has 5 nitrogen and oxygen atoms in total. The van der Waals surface area contributed by atoms with Crippen molar-refractivity contribution in [1.82, 2.24) is 15.6 Å². The molecule has 0 saturated heterocycles. The Labute approximate surface area is 191 Å². The van der Waals surface area contributed by atoms with Crippen molar-refractivity contribution in [3.8, 4) is 0 Å². The molecule has 32 heavy (non-hydrogen) atoms. The van der Waals surface area contributed by atoms with Crippen molar-refractivity contribution >= 4 is 34.3 Å². The quantitative estimate of drug-likeness (QED) is 0.355. The van der Waals surface area contributed by atoms with Crippen molar-refractivity contribution < 1.29 is 9.59 Å². The number of aromatic amines is 1. The van der Waals surface area contributed by atoms with Gasteiger partial charge in [-0.2, -0.15) is 0 Å². The first kappa shape index (κ1) is 21.7.